The van der Waals surface area contributed by atoms with E-state index in [1.54, 1.807) is 6.07 Å². The molecular formula is C16H25FN2O. The van der Waals surface area contributed by atoms with Crippen molar-refractivity contribution in [3.05, 3.63) is 35.1 Å². The molecule has 1 aliphatic heterocycles. The molecule has 1 unspecified atom stereocenters. The lowest BCUT2D eigenvalue weighted by Crippen LogP contribution is -2.34. The van der Waals surface area contributed by atoms with Crippen molar-refractivity contribution in [1.82, 2.24) is 9.80 Å². The molecule has 1 aliphatic rings. The summed E-state index contributed by atoms with van der Waals surface area (Å²) < 4.78 is 19.5. The highest BCUT2D eigenvalue weighted by molar-refractivity contribution is 5.24. The van der Waals surface area contributed by atoms with Crippen LogP contribution in [0.15, 0.2) is 18.2 Å². The van der Waals surface area contributed by atoms with Gasteiger partial charge in [-0.05, 0) is 27.1 Å². The molecule has 112 valence electrons. The van der Waals surface area contributed by atoms with Crippen LogP contribution in [-0.2, 0) is 11.3 Å². The SMILES string of the molecule is Cc1ccc(F)c(CN2CCOCC(CN(C)C)C2)c1. The normalized spacial score (nSPS) is 21.1. The van der Waals surface area contributed by atoms with Crippen LogP contribution in [0.3, 0.4) is 0 Å². The fourth-order valence-corrected chi connectivity index (χ4v) is 2.79. The van der Waals surface area contributed by atoms with Gasteiger partial charge in [-0.3, -0.25) is 4.90 Å². The molecule has 0 bridgehead atoms. The van der Waals surface area contributed by atoms with E-state index >= 15 is 0 Å². The van der Waals surface area contributed by atoms with Gasteiger partial charge in [0, 0.05) is 37.7 Å². The molecule has 0 radical (unpaired) electrons. The van der Waals surface area contributed by atoms with Gasteiger partial charge in [0.15, 0.2) is 0 Å². The van der Waals surface area contributed by atoms with Crippen molar-refractivity contribution in [2.45, 2.75) is 13.5 Å². The molecule has 3 nitrogen and oxygen atoms in total. The third-order valence-corrected chi connectivity index (χ3v) is 3.64. The van der Waals surface area contributed by atoms with E-state index in [4.69, 9.17) is 4.74 Å². The molecule has 1 aromatic rings. The van der Waals surface area contributed by atoms with E-state index in [0.29, 0.717) is 12.5 Å². The lowest BCUT2D eigenvalue weighted by Gasteiger charge is -2.25. The average Bonchev–Trinajstić information content (AvgIpc) is 2.58. The first-order chi connectivity index (χ1) is 9.54. The van der Waals surface area contributed by atoms with Crippen molar-refractivity contribution >= 4 is 0 Å². The lowest BCUT2D eigenvalue weighted by molar-refractivity contribution is 0.112. The van der Waals surface area contributed by atoms with Crippen LogP contribution in [-0.4, -0.2) is 56.7 Å². The minimum atomic E-state index is -0.107. The molecule has 1 atom stereocenters. The van der Waals surface area contributed by atoms with E-state index in [1.807, 2.05) is 19.1 Å². The highest BCUT2D eigenvalue weighted by atomic mass is 19.1. The number of benzene rings is 1. The number of nitrogens with zero attached hydrogens (tertiary/aromatic N) is 2. The third kappa shape index (κ3) is 4.54. The van der Waals surface area contributed by atoms with Gasteiger partial charge in [-0.15, -0.1) is 0 Å². The Labute approximate surface area is 121 Å². The molecule has 0 saturated carbocycles. The zero-order valence-electron chi connectivity index (χ0n) is 12.7. The molecule has 0 spiro atoms. The van der Waals surface area contributed by atoms with Gasteiger partial charge < -0.3 is 9.64 Å². The highest BCUT2D eigenvalue weighted by Gasteiger charge is 2.20. The van der Waals surface area contributed by atoms with Crippen LogP contribution in [0.4, 0.5) is 4.39 Å². The molecular weight excluding hydrogens is 255 g/mol. The Hall–Kier alpha value is -0.970. The van der Waals surface area contributed by atoms with Crippen molar-refractivity contribution in [3.63, 3.8) is 0 Å². The summed E-state index contributed by atoms with van der Waals surface area (Å²) in [4.78, 5) is 4.49. The van der Waals surface area contributed by atoms with Crippen LogP contribution in [0, 0.1) is 18.7 Å². The summed E-state index contributed by atoms with van der Waals surface area (Å²) in [6.07, 6.45) is 0. The molecule has 20 heavy (non-hydrogen) atoms. The van der Waals surface area contributed by atoms with E-state index < -0.39 is 0 Å². The number of halogens is 1. The number of aryl methyl sites for hydroxylation is 1. The van der Waals surface area contributed by atoms with Gasteiger partial charge in [-0.25, -0.2) is 4.39 Å². The number of rotatable bonds is 4. The molecule has 0 aliphatic carbocycles. The van der Waals surface area contributed by atoms with Gasteiger partial charge in [0.05, 0.1) is 13.2 Å². The second-order valence-corrected chi connectivity index (χ2v) is 6.03. The largest absolute Gasteiger partial charge is 0.380 e. The van der Waals surface area contributed by atoms with Crippen molar-refractivity contribution in [2.75, 3.05) is 46.9 Å². The zero-order valence-corrected chi connectivity index (χ0v) is 12.7. The fraction of sp³-hybridized carbons (Fsp3) is 0.625. The summed E-state index contributed by atoms with van der Waals surface area (Å²) in [6.45, 7) is 7.04. The predicted octanol–water partition coefficient (Wildman–Crippen LogP) is 2.14. The van der Waals surface area contributed by atoms with Crippen molar-refractivity contribution in [2.24, 2.45) is 5.92 Å². The Morgan fingerprint density at radius 1 is 1.40 bits per heavy atom. The summed E-state index contributed by atoms with van der Waals surface area (Å²) >= 11 is 0. The lowest BCUT2D eigenvalue weighted by atomic mass is 10.1. The average molecular weight is 280 g/mol. The summed E-state index contributed by atoms with van der Waals surface area (Å²) in [5.41, 5.74) is 1.90. The van der Waals surface area contributed by atoms with Gasteiger partial charge in [0.1, 0.15) is 5.82 Å². The van der Waals surface area contributed by atoms with Crippen molar-refractivity contribution in [3.8, 4) is 0 Å². The smallest absolute Gasteiger partial charge is 0.127 e. The zero-order chi connectivity index (χ0) is 14.5. The maximum Gasteiger partial charge on any atom is 0.127 e. The van der Waals surface area contributed by atoms with Crippen molar-refractivity contribution in [1.29, 1.82) is 0 Å². The van der Waals surface area contributed by atoms with E-state index in [0.717, 1.165) is 44.0 Å². The maximum absolute atomic E-state index is 13.9. The summed E-state index contributed by atoms with van der Waals surface area (Å²) in [5, 5.41) is 0. The first-order valence-corrected chi connectivity index (χ1v) is 7.24. The van der Waals surface area contributed by atoms with E-state index in [1.165, 1.54) is 0 Å². The minimum Gasteiger partial charge on any atom is -0.380 e. The maximum atomic E-state index is 13.9. The first kappa shape index (κ1) is 15.4. The number of ether oxygens (including phenoxy) is 1. The molecule has 1 fully saturated rings. The van der Waals surface area contributed by atoms with E-state index in [2.05, 4.69) is 23.9 Å². The predicted molar refractivity (Wildman–Crippen MR) is 79.3 cm³/mol. The Morgan fingerprint density at radius 2 is 2.20 bits per heavy atom. The Morgan fingerprint density at radius 3 is 2.95 bits per heavy atom. The molecule has 0 aromatic heterocycles. The topological polar surface area (TPSA) is 15.7 Å². The molecule has 1 heterocycles. The van der Waals surface area contributed by atoms with Crippen molar-refractivity contribution < 1.29 is 9.13 Å². The standard InChI is InChI=1S/C16H25FN2O/c1-13-4-5-16(17)15(8-13)11-19-6-7-20-12-14(10-19)9-18(2)3/h4-5,8,14H,6-7,9-12H2,1-3H3. The number of hydrogen-bond donors (Lipinski definition) is 0. The molecule has 1 aromatic carbocycles. The van der Waals surface area contributed by atoms with Crippen LogP contribution >= 0.6 is 0 Å². The Kier molecular flexibility index (Phi) is 5.52. The second kappa shape index (κ2) is 7.16. The van der Waals surface area contributed by atoms with Crippen LogP contribution in [0.1, 0.15) is 11.1 Å². The quantitative estimate of drug-likeness (QED) is 0.840. The fourth-order valence-electron chi connectivity index (χ4n) is 2.79. The molecule has 0 amide bonds. The van der Waals surface area contributed by atoms with Crippen LogP contribution in [0.5, 0.6) is 0 Å². The monoisotopic (exact) mass is 280 g/mol. The van der Waals surface area contributed by atoms with Crippen LogP contribution in [0.2, 0.25) is 0 Å². The Bertz CT molecular complexity index is 436. The van der Waals surface area contributed by atoms with E-state index in [-0.39, 0.29) is 5.82 Å². The van der Waals surface area contributed by atoms with Gasteiger partial charge in [0.2, 0.25) is 0 Å². The van der Waals surface area contributed by atoms with E-state index in [9.17, 15) is 4.39 Å². The Balaban J connectivity index is 2.01. The molecule has 4 heteroatoms. The summed E-state index contributed by atoms with van der Waals surface area (Å²) in [6, 6.07) is 5.33. The summed E-state index contributed by atoms with van der Waals surface area (Å²) in [5.74, 6) is 0.380. The molecule has 0 N–H and O–H groups in total. The summed E-state index contributed by atoms with van der Waals surface area (Å²) in [7, 11) is 4.16. The van der Waals surface area contributed by atoms with Gasteiger partial charge in [0.25, 0.3) is 0 Å². The molecule has 1 saturated heterocycles. The van der Waals surface area contributed by atoms with Crippen LogP contribution in [0.25, 0.3) is 0 Å². The second-order valence-electron chi connectivity index (χ2n) is 6.03. The third-order valence-electron chi connectivity index (χ3n) is 3.64. The molecule has 2 rings (SSSR count). The van der Waals surface area contributed by atoms with Gasteiger partial charge in [-0.2, -0.15) is 0 Å². The van der Waals surface area contributed by atoms with Gasteiger partial charge >= 0.3 is 0 Å². The highest BCUT2D eigenvalue weighted by Crippen LogP contribution is 2.15. The first-order valence-electron chi connectivity index (χ1n) is 7.24. The van der Waals surface area contributed by atoms with Crippen LogP contribution < -0.4 is 0 Å². The minimum absolute atomic E-state index is 0.107. The number of hydrogen-bond acceptors (Lipinski definition) is 3. The van der Waals surface area contributed by atoms with Gasteiger partial charge in [-0.1, -0.05) is 17.7 Å².